The first-order valence-electron chi connectivity index (χ1n) is 6.53. The van der Waals surface area contributed by atoms with Crippen LogP contribution in [0.15, 0.2) is 0 Å². The summed E-state index contributed by atoms with van der Waals surface area (Å²) in [5.41, 5.74) is -0.656. The van der Waals surface area contributed by atoms with Crippen LogP contribution in [0.4, 0.5) is 0 Å². The third-order valence-electron chi connectivity index (χ3n) is 3.85. The van der Waals surface area contributed by atoms with Crippen molar-refractivity contribution in [3.8, 4) is 0 Å². The van der Waals surface area contributed by atoms with Gasteiger partial charge < -0.3 is 14.9 Å². The van der Waals surface area contributed by atoms with Gasteiger partial charge in [0.2, 0.25) is 0 Å². The second-order valence-electron chi connectivity index (χ2n) is 5.77. The van der Waals surface area contributed by atoms with Crippen molar-refractivity contribution in [3.05, 3.63) is 0 Å². The Kier molecular flexibility index (Phi) is 4.95. The van der Waals surface area contributed by atoms with Gasteiger partial charge in [0.1, 0.15) is 0 Å². The van der Waals surface area contributed by atoms with E-state index in [0.29, 0.717) is 12.6 Å². The standard InChI is InChI=1S/C13H26N2O2/c1-5-15-8-6-11(7-9-15)14(4)10-13(2,3)12(16)17/h11H,5-10H2,1-4H3,(H,16,17). The molecule has 0 bridgehead atoms. The van der Waals surface area contributed by atoms with Crippen molar-refractivity contribution in [2.45, 2.75) is 39.7 Å². The lowest BCUT2D eigenvalue weighted by molar-refractivity contribution is -0.148. The molecule has 1 heterocycles. The van der Waals surface area contributed by atoms with Crippen molar-refractivity contribution in [2.24, 2.45) is 5.41 Å². The number of carbonyl (C=O) groups is 1. The van der Waals surface area contributed by atoms with Gasteiger partial charge in [0.15, 0.2) is 0 Å². The molecule has 4 nitrogen and oxygen atoms in total. The van der Waals surface area contributed by atoms with Gasteiger partial charge in [-0.05, 0) is 53.4 Å². The van der Waals surface area contributed by atoms with E-state index >= 15 is 0 Å². The Hall–Kier alpha value is -0.610. The van der Waals surface area contributed by atoms with Crippen LogP contribution in [0.1, 0.15) is 33.6 Å². The molecule has 1 aliphatic rings. The van der Waals surface area contributed by atoms with Gasteiger partial charge in [0, 0.05) is 12.6 Å². The maximum absolute atomic E-state index is 11.1. The van der Waals surface area contributed by atoms with Crippen LogP contribution in [0, 0.1) is 5.41 Å². The van der Waals surface area contributed by atoms with Crippen LogP contribution in [-0.2, 0) is 4.79 Å². The van der Waals surface area contributed by atoms with Crippen molar-refractivity contribution in [1.29, 1.82) is 0 Å². The SMILES string of the molecule is CCN1CCC(N(C)CC(C)(C)C(=O)O)CC1. The summed E-state index contributed by atoms with van der Waals surface area (Å²) in [5, 5.41) is 9.13. The van der Waals surface area contributed by atoms with Crippen LogP contribution in [0.5, 0.6) is 0 Å². The number of carboxylic acid groups (broad SMARTS) is 1. The summed E-state index contributed by atoms with van der Waals surface area (Å²) in [5.74, 6) is -0.713. The van der Waals surface area contributed by atoms with Gasteiger partial charge in [-0.25, -0.2) is 0 Å². The third-order valence-corrected chi connectivity index (χ3v) is 3.85. The van der Waals surface area contributed by atoms with E-state index in [-0.39, 0.29) is 0 Å². The second kappa shape index (κ2) is 5.83. The Bertz CT molecular complexity index is 258. The van der Waals surface area contributed by atoms with Crippen molar-refractivity contribution in [3.63, 3.8) is 0 Å². The molecule has 100 valence electrons. The van der Waals surface area contributed by atoms with Crippen molar-refractivity contribution in [1.82, 2.24) is 9.80 Å². The largest absolute Gasteiger partial charge is 0.481 e. The first kappa shape index (κ1) is 14.5. The lowest BCUT2D eigenvalue weighted by Crippen LogP contribution is -2.47. The predicted octanol–water partition coefficient (Wildman–Crippen LogP) is 1.51. The highest BCUT2D eigenvalue weighted by molar-refractivity contribution is 5.73. The topological polar surface area (TPSA) is 43.8 Å². The second-order valence-corrected chi connectivity index (χ2v) is 5.77. The Balaban J connectivity index is 2.44. The smallest absolute Gasteiger partial charge is 0.310 e. The first-order chi connectivity index (χ1) is 7.86. The number of rotatable bonds is 5. The molecule has 4 heteroatoms. The van der Waals surface area contributed by atoms with Crippen LogP contribution in [-0.4, -0.2) is 60.1 Å². The molecule has 0 spiro atoms. The quantitative estimate of drug-likeness (QED) is 0.794. The minimum absolute atomic E-state index is 0.538. The monoisotopic (exact) mass is 242 g/mol. The summed E-state index contributed by atoms with van der Waals surface area (Å²) in [6.45, 7) is 9.81. The Morgan fingerprint density at radius 2 is 1.94 bits per heavy atom. The molecule has 1 aliphatic heterocycles. The summed E-state index contributed by atoms with van der Waals surface area (Å²) in [6, 6.07) is 0.538. The molecule has 0 aliphatic carbocycles. The fourth-order valence-corrected chi connectivity index (χ4v) is 2.50. The van der Waals surface area contributed by atoms with E-state index in [1.54, 1.807) is 13.8 Å². The van der Waals surface area contributed by atoms with Gasteiger partial charge in [0.05, 0.1) is 5.41 Å². The van der Waals surface area contributed by atoms with Crippen LogP contribution >= 0.6 is 0 Å². The molecule has 0 aromatic carbocycles. The van der Waals surface area contributed by atoms with Crippen LogP contribution < -0.4 is 0 Å². The molecule has 0 unspecified atom stereocenters. The van der Waals surface area contributed by atoms with E-state index in [4.69, 9.17) is 5.11 Å². The highest BCUT2D eigenvalue weighted by Gasteiger charge is 2.31. The van der Waals surface area contributed by atoms with Gasteiger partial charge in [-0.3, -0.25) is 4.79 Å². The number of likely N-dealkylation sites (tertiary alicyclic amines) is 1. The molecule has 1 saturated heterocycles. The molecule has 0 amide bonds. The minimum atomic E-state index is -0.713. The van der Waals surface area contributed by atoms with Gasteiger partial charge in [0.25, 0.3) is 0 Å². The molecule has 1 fully saturated rings. The van der Waals surface area contributed by atoms with Crippen molar-refractivity contribution < 1.29 is 9.90 Å². The normalized spacial score (nSPS) is 19.8. The van der Waals surface area contributed by atoms with E-state index < -0.39 is 11.4 Å². The van der Waals surface area contributed by atoms with Gasteiger partial charge in [-0.15, -0.1) is 0 Å². The van der Waals surface area contributed by atoms with E-state index in [9.17, 15) is 4.79 Å². The van der Waals surface area contributed by atoms with E-state index in [1.807, 2.05) is 0 Å². The summed E-state index contributed by atoms with van der Waals surface area (Å²) in [6.07, 6.45) is 2.31. The van der Waals surface area contributed by atoms with E-state index in [0.717, 1.165) is 32.5 Å². The maximum Gasteiger partial charge on any atom is 0.310 e. The molecule has 0 atom stereocenters. The van der Waals surface area contributed by atoms with E-state index in [2.05, 4.69) is 23.8 Å². The third kappa shape index (κ3) is 3.96. The number of carboxylic acids is 1. The number of piperidine rings is 1. The van der Waals surface area contributed by atoms with Crippen molar-refractivity contribution >= 4 is 5.97 Å². The van der Waals surface area contributed by atoms with E-state index in [1.165, 1.54) is 0 Å². The molecular formula is C13H26N2O2. The molecule has 1 N–H and O–H groups in total. The molecule has 0 aromatic rings. The average Bonchev–Trinajstić information content (AvgIpc) is 2.28. The Morgan fingerprint density at radius 1 is 1.41 bits per heavy atom. The molecule has 0 saturated carbocycles. The number of hydrogen-bond acceptors (Lipinski definition) is 3. The van der Waals surface area contributed by atoms with Crippen LogP contribution in [0.25, 0.3) is 0 Å². The lowest BCUT2D eigenvalue weighted by atomic mass is 9.91. The average molecular weight is 242 g/mol. The van der Waals surface area contributed by atoms with Gasteiger partial charge in [-0.1, -0.05) is 6.92 Å². The molecule has 17 heavy (non-hydrogen) atoms. The zero-order chi connectivity index (χ0) is 13.1. The fourth-order valence-electron chi connectivity index (χ4n) is 2.50. The van der Waals surface area contributed by atoms with Gasteiger partial charge in [-0.2, -0.15) is 0 Å². The fraction of sp³-hybridized carbons (Fsp3) is 0.923. The van der Waals surface area contributed by atoms with Gasteiger partial charge >= 0.3 is 5.97 Å². The Labute approximate surface area is 105 Å². The Morgan fingerprint density at radius 3 is 2.35 bits per heavy atom. The number of aliphatic carboxylic acids is 1. The molecule has 0 aromatic heterocycles. The van der Waals surface area contributed by atoms with Crippen LogP contribution in [0.3, 0.4) is 0 Å². The van der Waals surface area contributed by atoms with Crippen LogP contribution in [0.2, 0.25) is 0 Å². The highest BCUT2D eigenvalue weighted by atomic mass is 16.4. The predicted molar refractivity (Wildman–Crippen MR) is 69.2 cm³/mol. The summed E-state index contributed by atoms with van der Waals surface area (Å²) in [4.78, 5) is 15.8. The lowest BCUT2D eigenvalue weighted by Gasteiger charge is -2.38. The number of hydrogen-bond donors (Lipinski definition) is 1. The minimum Gasteiger partial charge on any atom is -0.481 e. The zero-order valence-corrected chi connectivity index (χ0v) is 11.6. The highest BCUT2D eigenvalue weighted by Crippen LogP contribution is 2.21. The maximum atomic E-state index is 11.1. The number of nitrogens with zero attached hydrogens (tertiary/aromatic N) is 2. The first-order valence-corrected chi connectivity index (χ1v) is 6.53. The summed E-state index contributed by atoms with van der Waals surface area (Å²) >= 11 is 0. The molecule has 1 rings (SSSR count). The summed E-state index contributed by atoms with van der Waals surface area (Å²) < 4.78 is 0. The summed E-state index contributed by atoms with van der Waals surface area (Å²) in [7, 11) is 2.05. The molecular weight excluding hydrogens is 216 g/mol. The molecule has 0 radical (unpaired) electrons. The van der Waals surface area contributed by atoms with Crippen molar-refractivity contribution in [2.75, 3.05) is 33.2 Å². The zero-order valence-electron chi connectivity index (χ0n) is 11.6.